The first-order chi connectivity index (χ1) is 4.93. The van der Waals surface area contributed by atoms with E-state index in [4.69, 9.17) is 0 Å². The van der Waals surface area contributed by atoms with E-state index in [0.717, 1.165) is 18.1 Å². The predicted octanol–water partition coefficient (Wildman–Crippen LogP) is 0.195. The van der Waals surface area contributed by atoms with Crippen molar-refractivity contribution in [2.24, 2.45) is 0 Å². The lowest BCUT2D eigenvalue weighted by Crippen LogP contribution is -2.54. The molecule has 3 fully saturated rings. The molecule has 3 saturated heterocycles. The van der Waals surface area contributed by atoms with Gasteiger partial charge in [-0.25, -0.2) is 0 Å². The van der Waals surface area contributed by atoms with Gasteiger partial charge in [-0.2, -0.15) is 0 Å². The van der Waals surface area contributed by atoms with Gasteiger partial charge in [0.1, 0.15) is 0 Å². The SMILES string of the molecule is C1CC2NC3CC2N(C1)C3. The molecule has 56 valence electrons. The molecule has 2 bridgehead atoms. The zero-order valence-corrected chi connectivity index (χ0v) is 6.21. The molecule has 0 aliphatic carbocycles. The summed E-state index contributed by atoms with van der Waals surface area (Å²) in [6.45, 7) is 2.71. The van der Waals surface area contributed by atoms with Crippen LogP contribution in [0.4, 0.5) is 0 Å². The maximum absolute atomic E-state index is 3.68. The van der Waals surface area contributed by atoms with E-state index in [-0.39, 0.29) is 0 Å². The minimum atomic E-state index is 0.857. The zero-order valence-electron chi connectivity index (χ0n) is 6.21. The molecule has 3 aliphatic rings. The molecule has 2 nitrogen and oxygen atoms in total. The number of nitrogens with zero attached hydrogens (tertiary/aromatic N) is 1. The van der Waals surface area contributed by atoms with Crippen LogP contribution in [0.2, 0.25) is 0 Å². The molecular formula is C8H14N2. The van der Waals surface area contributed by atoms with Crippen molar-refractivity contribution in [2.45, 2.75) is 37.4 Å². The molecular weight excluding hydrogens is 124 g/mol. The number of nitrogens with one attached hydrogen (secondary N) is 1. The highest BCUT2D eigenvalue weighted by molar-refractivity contribution is 5.06. The highest BCUT2D eigenvalue weighted by atomic mass is 15.3. The maximum atomic E-state index is 3.68. The molecule has 0 aromatic rings. The third-order valence-electron chi connectivity index (χ3n) is 3.32. The van der Waals surface area contributed by atoms with Crippen LogP contribution in [0.1, 0.15) is 19.3 Å². The maximum Gasteiger partial charge on any atom is 0.0265 e. The highest BCUT2D eigenvalue weighted by Crippen LogP contribution is 2.33. The minimum Gasteiger partial charge on any atom is -0.308 e. The Kier molecular flexibility index (Phi) is 0.968. The second kappa shape index (κ2) is 1.74. The third kappa shape index (κ3) is 0.565. The Bertz CT molecular complexity index is 141. The molecule has 1 N–H and O–H groups in total. The van der Waals surface area contributed by atoms with Crippen LogP contribution in [0.3, 0.4) is 0 Å². The first kappa shape index (κ1) is 5.56. The van der Waals surface area contributed by atoms with Gasteiger partial charge in [0, 0.05) is 24.7 Å². The number of fused-ring (bicyclic) bond motifs is 1. The Hall–Kier alpha value is -0.0800. The Morgan fingerprint density at radius 1 is 1.40 bits per heavy atom. The summed E-state index contributed by atoms with van der Waals surface area (Å²) in [7, 11) is 0. The average molecular weight is 138 g/mol. The Morgan fingerprint density at radius 2 is 2.40 bits per heavy atom. The normalized spacial score (nSPS) is 52.2. The quantitative estimate of drug-likeness (QED) is 0.514. The van der Waals surface area contributed by atoms with Gasteiger partial charge < -0.3 is 5.32 Å². The third-order valence-corrected chi connectivity index (χ3v) is 3.32. The molecule has 3 aliphatic heterocycles. The Labute approximate surface area is 61.6 Å². The van der Waals surface area contributed by atoms with E-state index >= 15 is 0 Å². The second-order valence-electron chi connectivity index (χ2n) is 3.91. The van der Waals surface area contributed by atoms with Crippen LogP contribution < -0.4 is 5.32 Å². The lowest BCUT2D eigenvalue weighted by molar-refractivity contribution is 0.136. The van der Waals surface area contributed by atoms with Gasteiger partial charge in [0.05, 0.1) is 0 Å². The Morgan fingerprint density at radius 3 is 3.10 bits per heavy atom. The van der Waals surface area contributed by atoms with E-state index in [0.29, 0.717) is 0 Å². The summed E-state index contributed by atoms with van der Waals surface area (Å²) in [5.41, 5.74) is 0. The molecule has 3 unspecified atom stereocenters. The lowest BCUT2D eigenvalue weighted by Gasteiger charge is -2.38. The summed E-state index contributed by atoms with van der Waals surface area (Å²) in [5.74, 6) is 0. The van der Waals surface area contributed by atoms with Crippen molar-refractivity contribution in [3.63, 3.8) is 0 Å². The van der Waals surface area contributed by atoms with Crippen molar-refractivity contribution in [3.8, 4) is 0 Å². The van der Waals surface area contributed by atoms with Crippen molar-refractivity contribution in [1.29, 1.82) is 0 Å². The van der Waals surface area contributed by atoms with Crippen LogP contribution in [0.15, 0.2) is 0 Å². The fourth-order valence-corrected chi connectivity index (χ4v) is 2.93. The van der Waals surface area contributed by atoms with Crippen LogP contribution >= 0.6 is 0 Å². The van der Waals surface area contributed by atoms with Gasteiger partial charge >= 0.3 is 0 Å². The number of piperazine rings is 1. The molecule has 10 heavy (non-hydrogen) atoms. The summed E-state index contributed by atoms with van der Waals surface area (Å²) in [6.07, 6.45) is 4.28. The van der Waals surface area contributed by atoms with E-state index in [9.17, 15) is 0 Å². The molecule has 0 spiro atoms. The van der Waals surface area contributed by atoms with Crippen LogP contribution in [-0.2, 0) is 0 Å². The van der Waals surface area contributed by atoms with Gasteiger partial charge in [0.15, 0.2) is 0 Å². The molecule has 0 radical (unpaired) electrons. The largest absolute Gasteiger partial charge is 0.308 e. The zero-order chi connectivity index (χ0) is 6.55. The molecule has 0 aromatic carbocycles. The van der Waals surface area contributed by atoms with Gasteiger partial charge in [0.2, 0.25) is 0 Å². The van der Waals surface area contributed by atoms with Crippen molar-refractivity contribution in [3.05, 3.63) is 0 Å². The number of hydrogen-bond acceptors (Lipinski definition) is 2. The average Bonchev–Trinajstić information content (AvgIpc) is 2.40. The van der Waals surface area contributed by atoms with Crippen LogP contribution in [-0.4, -0.2) is 36.1 Å². The molecule has 0 saturated carbocycles. The standard InChI is InChI=1S/C8H14N2/c1-2-7-8-4-6(9-7)5-10(8)3-1/h6-9H,1-5H2. The summed E-state index contributed by atoms with van der Waals surface area (Å²) < 4.78 is 0. The summed E-state index contributed by atoms with van der Waals surface area (Å²) in [4.78, 5) is 2.68. The smallest absolute Gasteiger partial charge is 0.0265 e. The number of hydrogen-bond donors (Lipinski definition) is 1. The van der Waals surface area contributed by atoms with Crippen LogP contribution in [0, 0.1) is 0 Å². The van der Waals surface area contributed by atoms with Crippen LogP contribution in [0.5, 0.6) is 0 Å². The number of rotatable bonds is 0. The van der Waals surface area contributed by atoms with E-state index in [1.54, 1.807) is 0 Å². The summed E-state index contributed by atoms with van der Waals surface area (Å²) in [6, 6.07) is 2.65. The first-order valence-corrected chi connectivity index (χ1v) is 4.43. The fourth-order valence-electron chi connectivity index (χ4n) is 2.93. The lowest BCUT2D eigenvalue weighted by atomic mass is 9.99. The predicted molar refractivity (Wildman–Crippen MR) is 39.9 cm³/mol. The number of piperidine rings is 1. The molecule has 3 atom stereocenters. The Balaban J connectivity index is 1.91. The topological polar surface area (TPSA) is 15.3 Å². The van der Waals surface area contributed by atoms with Gasteiger partial charge in [-0.1, -0.05) is 0 Å². The minimum absolute atomic E-state index is 0.857. The van der Waals surface area contributed by atoms with Gasteiger partial charge in [-0.15, -0.1) is 0 Å². The van der Waals surface area contributed by atoms with Crippen molar-refractivity contribution in [2.75, 3.05) is 13.1 Å². The molecule has 3 rings (SSSR count). The van der Waals surface area contributed by atoms with E-state index in [1.165, 1.54) is 32.4 Å². The van der Waals surface area contributed by atoms with Gasteiger partial charge in [-0.05, 0) is 25.8 Å². The van der Waals surface area contributed by atoms with Gasteiger partial charge in [-0.3, -0.25) is 4.90 Å². The van der Waals surface area contributed by atoms with Crippen molar-refractivity contribution >= 4 is 0 Å². The molecule has 2 heteroatoms. The van der Waals surface area contributed by atoms with Crippen LogP contribution in [0.25, 0.3) is 0 Å². The van der Waals surface area contributed by atoms with E-state index in [1.807, 2.05) is 0 Å². The van der Waals surface area contributed by atoms with Crippen molar-refractivity contribution in [1.82, 2.24) is 10.2 Å². The van der Waals surface area contributed by atoms with E-state index in [2.05, 4.69) is 10.2 Å². The highest BCUT2D eigenvalue weighted by Gasteiger charge is 2.45. The van der Waals surface area contributed by atoms with Gasteiger partial charge in [0.25, 0.3) is 0 Å². The molecule has 0 amide bonds. The monoisotopic (exact) mass is 138 g/mol. The van der Waals surface area contributed by atoms with E-state index < -0.39 is 0 Å². The molecule has 0 aromatic heterocycles. The fraction of sp³-hybridized carbons (Fsp3) is 1.00. The second-order valence-corrected chi connectivity index (χ2v) is 3.91. The van der Waals surface area contributed by atoms with Crippen molar-refractivity contribution < 1.29 is 0 Å². The summed E-state index contributed by atoms with van der Waals surface area (Å²) in [5, 5.41) is 3.68. The molecule has 3 heterocycles. The summed E-state index contributed by atoms with van der Waals surface area (Å²) >= 11 is 0. The first-order valence-electron chi connectivity index (χ1n) is 4.43.